The van der Waals surface area contributed by atoms with Gasteiger partial charge in [0.05, 0.1) is 13.2 Å². The molecule has 1 rings (SSSR count). The molecular weight excluding hydrogens is 180 g/mol. The topological polar surface area (TPSA) is 38.7 Å². The lowest BCUT2D eigenvalue weighted by atomic mass is 10.2. The molecule has 0 bridgehead atoms. The summed E-state index contributed by atoms with van der Waals surface area (Å²) in [4.78, 5) is 0. The monoisotopic (exact) mass is 196 g/mol. The molecule has 0 spiro atoms. The van der Waals surface area contributed by atoms with Crippen LogP contribution in [0.5, 0.6) is 11.5 Å². The van der Waals surface area contributed by atoms with Gasteiger partial charge in [0.25, 0.3) is 0 Å². The number of rotatable bonds is 4. The largest absolute Gasteiger partial charge is 0.497 e. The lowest BCUT2D eigenvalue weighted by molar-refractivity contribution is 0.0603. The summed E-state index contributed by atoms with van der Waals surface area (Å²) in [6, 6.07) is 7.32. The maximum absolute atomic E-state index is 9.25. The summed E-state index contributed by atoms with van der Waals surface area (Å²) in [6.07, 6.45) is -0.705. The third-order valence-electron chi connectivity index (χ3n) is 2.04. The van der Waals surface area contributed by atoms with E-state index in [9.17, 15) is 5.11 Å². The zero-order chi connectivity index (χ0) is 10.6. The Labute approximate surface area is 84.3 Å². The number of hydrogen-bond acceptors (Lipinski definition) is 3. The highest BCUT2D eigenvalue weighted by atomic mass is 16.5. The van der Waals surface area contributed by atoms with Crippen LogP contribution >= 0.6 is 0 Å². The van der Waals surface area contributed by atoms with Crippen LogP contribution in [0, 0.1) is 0 Å². The third kappa shape index (κ3) is 2.92. The summed E-state index contributed by atoms with van der Waals surface area (Å²) < 4.78 is 10.5. The van der Waals surface area contributed by atoms with Crippen LogP contribution in [0.25, 0.3) is 0 Å². The van der Waals surface area contributed by atoms with Crippen molar-refractivity contribution in [2.24, 2.45) is 0 Å². The highest BCUT2D eigenvalue weighted by Gasteiger charge is 2.10. The molecule has 1 aromatic rings. The van der Waals surface area contributed by atoms with Crippen molar-refractivity contribution in [3.8, 4) is 11.5 Å². The predicted molar refractivity (Wildman–Crippen MR) is 54.8 cm³/mol. The van der Waals surface area contributed by atoms with Crippen molar-refractivity contribution >= 4 is 0 Å². The fourth-order valence-electron chi connectivity index (χ4n) is 0.988. The van der Waals surface area contributed by atoms with Gasteiger partial charge in [0.2, 0.25) is 0 Å². The fraction of sp³-hybridized carbons (Fsp3) is 0.455. The van der Waals surface area contributed by atoms with E-state index >= 15 is 0 Å². The molecule has 0 saturated carbocycles. The molecule has 0 aliphatic carbocycles. The molecule has 1 aromatic carbocycles. The first-order valence-corrected chi connectivity index (χ1v) is 4.62. The number of benzene rings is 1. The Bertz CT molecular complexity index is 284. The van der Waals surface area contributed by atoms with Crippen molar-refractivity contribution in [1.82, 2.24) is 0 Å². The van der Waals surface area contributed by atoms with E-state index in [1.165, 1.54) is 0 Å². The maximum atomic E-state index is 9.25. The molecule has 2 unspecified atom stereocenters. The number of ether oxygens (including phenoxy) is 2. The average molecular weight is 196 g/mol. The quantitative estimate of drug-likeness (QED) is 0.798. The molecule has 0 aliphatic heterocycles. The highest BCUT2D eigenvalue weighted by molar-refractivity contribution is 5.32. The Morgan fingerprint density at radius 3 is 2.43 bits per heavy atom. The summed E-state index contributed by atoms with van der Waals surface area (Å²) >= 11 is 0. The van der Waals surface area contributed by atoms with E-state index in [0.717, 1.165) is 5.75 Å². The van der Waals surface area contributed by atoms with E-state index in [-0.39, 0.29) is 6.10 Å². The smallest absolute Gasteiger partial charge is 0.123 e. The molecule has 0 saturated heterocycles. The van der Waals surface area contributed by atoms with Gasteiger partial charge in [0.1, 0.15) is 17.6 Å². The van der Waals surface area contributed by atoms with Gasteiger partial charge >= 0.3 is 0 Å². The van der Waals surface area contributed by atoms with E-state index in [1.54, 1.807) is 20.1 Å². The normalized spacial score (nSPS) is 14.6. The standard InChI is InChI=1S/C11H16O3/c1-8(12)9(2)14-11-6-4-5-10(7-11)13-3/h4-9,12H,1-3H3. The van der Waals surface area contributed by atoms with Crippen LogP contribution in [-0.4, -0.2) is 24.4 Å². The Morgan fingerprint density at radius 1 is 1.21 bits per heavy atom. The predicted octanol–water partition coefficient (Wildman–Crippen LogP) is 1.84. The zero-order valence-electron chi connectivity index (χ0n) is 8.73. The summed E-state index contributed by atoms with van der Waals surface area (Å²) in [5, 5.41) is 9.25. The molecule has 2 atom stereocenters. The minimum absolute atomic E-state index is 0.220. The zero-order valence-corrected chi connectivity index (χ0v) is 8.73. The molecule has 1 N–H and O–H groups in total. The third-order valence-corrected chi connectivity index (χ3v) is 2.04. The maximum Gasteiger partial charge on any atom is 0.123 e. The van der Waals surface area contributed by atoms with Gasteiger partial charge in [-0.05, 0) is 26.0 Å². The van der Waals surface area contributed by atoms with Crippen molar-refractivity contribution in [1.29, 1.82) is 0 Å². The van der Waals surface area contributed by atoms with Crippen molar-refractivity contribution in [2.75, 3.05) is 7.11 Å². The van der Waals surface area contributed by atoms with Crippen LogP contribution < -0.4 is 9.47 Å². The Balaban J connectivity index is 2.66. The molecule has 0 amide bonds. The second kappa shape index (κ2) is 4.86. The van der Waals surface area contributed by atoms with E-state index in [2.05, 4.69) is 0 Å². The van der Waals surface area contributed by atoms with Crippen molar-refractivity contribution in [3.05, 3.63) is 24.3 Å². The van der Waals surface area contributed by atoms with Gasteiger partial charge in [0.15, 0.2) is 0 Å². The van der Waals surface area contributed by atoms with Gasteiger partial charge in [0, 0.05) is 6.07 Å². The van der Waals surface area contributed by atoms with Crippen LogP contribution in [0.3, 0.4) is 0 Å². The minimum Gasteiger partial charge on any atom is -0.497 e. The molecule has 0 heterocycles. The summed E-state index contributed by atoms with van der Waals surface area (Å²) in [5.74, 6) is 1.46. The summed E-state index contributed by atoms with van der Waals surface area (Å²) in [6.45, 7) is 3.52. The second-order valence-corrected chi connectivity index (χ2v) is 3.24. The van der Waals surface area contributed by atoms with Crippen LogP contribution in [0.4, 0.5) is 0 Å². The second-order valence-electron chi connectivity index (χ2n) is 3.24. The van der Waals surface area contributed by atoms with E-state index < -0.39 is 6.10 Å². The molecule has 3 heteroatoms. The first-order chi connectivity index (χ1) is 6.63. The Hall–Kier alpha value is -1.22. The molecule has 0 radical (unpaired) electrons. The molecular formula is C11H16O3. The van der Waals surface area contributed by atoms with Gasteiger partial charge in [-0.2, -0.15) is 0 Å². The summed E-state index contributed by atoms with van der Waals surface area (Å²) in [5.41, 5.74) is 0. The average Bonchev–Trinajstić information content (AvgIpc) is 2.18. The molecule has 3 nitrogen and oxygen atoms in total. The number of hydrogen-bond donors (Lipinski definition) is 1. The fourth-order valence-corrected chi connectivity index (χ4v) is 0.988. The van der Waals surface area contributed by atoms with Gasteiger partial charge < -0.3 is 14.6 Å². The highest BCUT2D eigenvalue weighted by Crippen LogP contribution is 2.20. The first kappa shape index (κ1) is 10.9. The van der Waals surface area contributed by atoms with Gasteiger partial charge in [-0.25, -0.2) is 0 Å². The van der Waals surface area contributed by atoms with Crippen LogP contribution in [0.15, 0.2) is 24.3 Å². The number of aliphatic hydroxyl groups excluding tert-OH is 1. The molecule has 0 aliphatic rings. The summed E-state index contributed by atoms with van der Waals surface area (Å²) in [7, 11) is 1.61. The van der Waals surface area contributed by atoms with Gasteiger partial charge in [-0.15, -0.1) is 0 Å². The van der Waals surface area contributed by atoms with Crippen LogP contribution in [-0.2, 0) is 0 Å². The lowest BCUT2D eigenvalue weighted by Crippen LogP contribution is -2.25. The SMILES string of the molecule is COc1cccc(OC(C)C(C)O)c1. The molecule has 0 aromatic heterocycles. The lowest BCUT2D eigenvalue weighted by Gasteiger charge is -2.17. The molecule has 14 heavy (non-hydrogen) atoms. The van der Waals surface area contributed by atoms with E-state index in [4.69, 9.17) is 9.47 Å². The van der Waals surface area contributed by atoms with Crippen molar-refractivity contribution in [2.45, 2.75) is 26.1 Å². The van der Waals surface area contributed by atoms with E-state index in [1.807, 2.05) is 25.1 Å². The van der Waals surface area contributed by atoms with Crippen LogP contribution in [0.2, 0.25) is 0 Å². The first-order valence-electron chi connectivity index (χ1n) is 4.62. The van der Waals surface area contributed by atoms with Gasteiger partial charge in [-0.1, -0.05) is 6.07 Å². The Morgan fingerprint density at radius 2 is 1.86 bits per heavy atom. The number of methoxy groups -OCH3 is 1. The van der Waals surface area contributed by atoms with Crippen LogP contribution in [0.1, 0.15) is 13.8 Å². The molecule has 0 fully saturated rings. The minimum atomic E-state index is -0.485. The molecule has 78 valence electrons. The Kier molecular flexibility index (Phi) is 3.77. The van der Waals surface area contributed by atoms with Crippen molar-refractivity contribution in [3.63, 3.8) is 0 Å². The van der Waals surface area contributed by atoms with Crippen molar-refractivity contribution < 1.29 is 14.6 Å². The van der Waals surface area contributed by atoms with Gasteiger partial charge in [-0.3, -0.25) is 0 Å². The van der Waals surface area contributed by atoms with E-state index in [0.29, 0.717) is 5.75 Å². The number of aliphatic hydroxyl groups is 1.